The van der Waals surface area contributed by atoms with Crippen molar-refractivity contribution in [1.29, 1.82) is 0 Å². The first-order chi connectivity index (χ1) is 11.5. The number of amides is 1. The van der Waals surface area contributed by atoms with Crippen LogP contribution in [0.5, 0.6) is 0 Å². The Bertz CT molecular complexity index is 730. The predicted molar refractivity (Wildman–Crippen MR) is 94.7 cm³/mol. The highest BCUT2D eigenvalue weighted by Gasteiger charge is 2.08. The fraction of sp³-hybridized carbons (Fsp3) is 0.222. The van der Waals surface area contributed by atoms with Gasteiger partial charge in [0, 0.05) is 16.6 Å². The summed E-state index contributed by atoms with van der Waals surface area (Å²) in [5.41, 5.74) is 2.26. The summed E-state index contributed by atoms with van der Waals surface area (Å²) in [4.78, 5) is 23.3. The Morgan fingerprint density at radius 2 is 1.79 bits per heavy atom. The Morgan fingerprint density at radius 3 is 2.42 bits per heavy atom. The number of hydrogen-bond acceptors (Lipinski definition) is 3. The van der Waals surface area contributed by atoms with Crippen LogP contribution in [0.15, 0.2) is 42.5 Å². The van der Waals surface area contributed by atoms with Gasteiger partial charge in [-0.05, 0) is 41.8 Å². The lowest BCUT2D eigenvalue weighted by molar-refractivity contribution is -0.120. The maximum Gasteiger partial charge on any atom is 0.337 e. The molecule has 2 aromatic rings. The first-order valence-electron chi connectivity index (χ1n) is 7.37. The van der Waals surface area contributed by atoms with Gasteiger partial charge in [-0.1, -0.05) is 41.4 Å². The summed E-state index contributed by atoms with van der Waals surface area (Å²) >= 11 is 11.9. The molecule has 0 aliphatic carbocycles. The molecule has 0 spiro atoms. The van der Waals surface area contributed by atoms with E-state index in [1.807, 2.05) is 12.1 Å². The fourth-order valence-electron chi connectivity index (χ4n) is 2.17. The molecule has 0 saturated heterocycles. The van der Waals surface area contributed by atoms with Crippen molar-refractivity contribution < 1.29 is 14.3 Å². The third-order valence-electron chi connectivity index (χ3n) is 3.48. The molecular formula is C18H17Cl2NO3. The molecule has 2 rings (SSSR count). The van der Waals surface area contributed by atoms with Crippen LogP contribution in [0, 0.1) is 0 Å². The lowest BCUT2D eigenvalue weighted by atomic mass is 10.1. The lowest BCUT2D eigenvalue weighted by Crippen LogP contribution is -2.27. The molecule has 0 aliphatic rings. The number of esters is 1. The van der Waals surface area contributed by atoms with Crippen LogP contribution in [0.1, 0.15) is 21.5 Å². The molecule has 24 heavy (non-hydrogen) atoms. The first-order valence-corrected chi connectivity index (χ1v) is 8.13. The number of carbonyl (C=O) groups is 2. The number of ether oxygens (including phenoxy) is 1. The minimum atomic E-state index is -0.366. The molecular weight excluding hydrogens is 349 g/mol. The maximum absolute atomic E-state index is 12.0. The number of hydrogen-bond donors (Lipinski definition) is 1. The molecule has 0 heterocycles. The molecule has 0 fully saturated rings. The van der Waals surface area contributed by atoms with Gasteiger partial charge in [0.25, 0.3) is 0 Å². The second kappa shape index (κ2) is 8.71. The van der Waals surface area contributed by atoms with Crippen molar-refractivity contribution in [2.24, 2.45) is 0 Å². The number of benzene rings is 2. The molecule has 0 unspecified atom stereocenters. The van der Waals surface area contributed by atoms with Crippen molar-refractivity contribution in [3.8, 4) is 0 Å². The highest BCUT2D eigenvalue weighted by atomic mass is 35.5. The average Bonchev–Trinajstić information content (AvgIpc) is 2.57. The third kappa shape index (κ3) is 5.25. The van der Waals surface area contributed by atoms with Crippen LogP contribution in [-0.4, -0.2) is 25.5 Å². The molecule has 4 nitrogen and oxygen atoms in total. The molecule has 0 bridgehead atoms. The Hall–Kier alpha value is -2.04. The number of rotatable bonds is 6. The number of carbonyl (C=O) groups excluding carboxylic acids is 2. The zero-order valence-electron chi connectivity index (χ0n) is 13.1. The van der Waals surface area contributed by atoms with Crippen LogP contribution in [0.4, 0.5) is 0 Å². The summed E-state index contributed by atoms with van der Waals surface area (Å²) in [6.07, 6.45) is 0.874. The first kappa shape index (κ1) is 18.3. The molecule has 0 saturated carbocycles. The number of nitrogens with one attached hydrogen (secondary N) is 1. The smallest absolute Gasteiger partial charge is 0.337 e. The van der Waals surface area contributed by atoms with Gasteiger partial charge in [0.1, 0.15) is 0 Å². The fourth-order valence-corrected chi connectivity index (χ4v) is 2.65. The Kier molecular flexibility index (Phi) is 6.64. The van der Waals surface area contributed by atoms with E-state index in [0.717, 1.165) is 11.1 Å². The van der Waals surface area contributed by atoms with Crippen molar-refractivity contribution in [2.75, 3.05) is 13.7 Å². The summed E-state index contributed by atoms with van der Waals surface area (Å²) in [7, 11) is 1.35. The van der Waals surface area contributed by atoms with Crippen molar-refractivity contribution in [3.63, 3.8) is 0 Å². The third-order valence-corrected chi connectivity index (χ3v) is 4.06. The van der Waals surface area contributed by atoms with Gasteiger partial charge in [-0.3, -0.25) is 4.79 Å². The standard InChI is InChI=1S/C18H17Cl2NO3/c1-24-18(23)13-4-2-12(3-5-13)8-9-21-17(22)10-14-6-7-15(19)11-16(14)20/h2-7,11H,8-10H2,1H3,(H,21,22). The van der Waals surface area contributed by atoms with E-state index in [4.69, 9.17) is 23.2 Å². The highest BCUT2D eigenvalue weighted by molar-refractivity contribution is 6.35. The van der Waals surface area contributed by atoms with E-state index in [0.29, 0.717) is 28.6 Å². The SMILES string of the molecule is COC(=O)c1ccc(CCNC(=O)Cc2ccc(Cl)cc2Cl)cc1. The van der Waals surface area contributed by atoms with E-state index in [-0.39, 0.29) is 18.3 Å². The van der Waals surface area contributed by atoms with E-state index >= 15 is 0 Å². The number of halogens is 2. The van der Waals surface area contributed by atoms with E-state index < -0.39 is 0 Å². The lowest BCUT2D eigenvalue weighted by Gasteiger charge is -2.07. The molecule has 0 radical (unpaired) electrons. The summed E-state index contributed by atoms with van der Waals surface area (Å²) in [5, 5.41) is 3.87. The van der Waals surface area contributed by atoms with E-state index in [2.05, 4.69) is 10.1 Å². The molecule has 6 heteroatoms. The van der Waals surface area contributed by atoms with Crippen LogP contribution >= 0.6 is 23.2 Å². The molecule has 2 aromatic carbocycles. The zero-order valence-corrected chi connectivity index (χ0v) is 14.7. The van der Waals surface area contributed by atoms with Gasteiger partial charge in [-0.2, -0.15) is 0 Å². The van der Waals surface area contributed by atoms with Gasteiger partial charge in [0.15, 0.2) is 0 Å². The molecule has 126 valence electrons. The normalized spacial score (nSPS) is 10.3. The molecule has 0 atom stereocenters. The van der Waals surface area contributed by atoms with E-state index in [9.17, 15) is 9.59 Å². The van der Waals surface area contributed by atoms with Crippen LogP contribution in [0.25, 0.3) is 0 Å². The Morgan fingerprint density at radius 1 is 1.08 bits per heavy atom. The predicted octanol–water partition coefficient (Wildman–Crippen LogP) is 3.68. The van der Waals surface area contributed by atoms with Crippen LogP contribution < -0.4 is 5.32 Å². The van der Waals surface area contributed by atoms with Gasteiger partial charge >= 0.3 is 5.97 Å². The van der Waals surface area contributed by atoms with Crippen molar-refractivity contribution in [2.45, 2.75) is 12.8 Å². The Balaban J connectivity index is 1.81. The van der Waals surface area contributed by atoms with Gasteiger partial charge in [0.2, 0.25) is 5.91 Å². The highest BCUT2D eigenvalue weighted by Crippen LogP contribution is 2.21. The van der Waals surface area contributed by atoms with Crippen LogP contribution in [0.2, 0.25) is 10.0 Å². The zero-order chi connectivity index (χ0) is 17.5. The second-order valence-electron chi connectivity index (χ2n) is 5.20. The molecule has 1 N–H and O–H groups in total. The summed E-state index contributed by atoms with van der Waals surface area (Å²) in [6.45, 7) is 0.502. The molecule has 0 aliphatic heterocycles. The molecule has 1 amide bonds. The maximum atomic E-state index is 12.0. The van der Waals surface area contributed by atoms with Crippen molar-refractivity contribution >= 4 is 35.1 Å². The van der Waals surface area contributed by atoms with E-state index in [1.54, 1.807) is 30.3 Å². The van der Waals surface area contributed by atoms with Crippen LogP contribution in [-0.2, 0) is 22.4 Å². The average molecular weight is 366 g/mol. The summed E-state index contributed by atoms with van der Waals surface area (Å²) < 4.78 is 4.65. The second-order valence-corrected chi connectivity index (χ2v) is 6.04. The van der Waals surface area contributed by atoms with E-state index in [1.165, 1.54) is 7.11 Å². The minimum absolute atomic E-state index is 0.106. The van der Waals surface area contributed by atoms with Crippen molar-refractivity contribution in [1.82, 2.24) is 5.32 Å². The quantitative estimate of drug-likeness (QED) is 0.794. The topological polar surface area (TPSA) is 55.4 Å². The monoisotopic (exact) mass is 365 g/mol. The Labute approximate surface area is 150 Å². The van der Waals surface area contributed by atoms with Crippen molar-refractivity contribution in [3.05, 3.63) is 69.2 Å². The van der Waals surface area contributed by atoms with Crippen LogP contribution in [0.3, 0.4) is 0 Å². The van der Waals surface area contributed by atoms with Gasteiger partial charge in [0.05, 0.1) is 19.1 Å². The minimum Gasteiger partial charge on any atom is -0.465 e. The summed E-state index contributed by atoms with van der Waals surface area (Å²) in [5.74, 6) is -0.472. The number of methoxy groups -OCH3 is 1. The van der Waals surface area contributed by atoms with Gasteiger partial charge in [-0.15, -0.1) is 0 Å². The van der Waals surface area contributed by atoms with Gasteiger partial charge < -0.3 is 10.1 Å². The largest absolute Gasteiger partial charge is 0.465 e. The van der Waals surface area contributed by atoms with Gasteiger partial charge in [-0.25, -0.2) is 4.79 Å². The molecule has 0 aromatic heterocycles. The summed E-state index contributed by atoms with van der Waals surface area (Å²) in [6, 6.07) is 12.2.